The molecule has 0 saturated heterocycles. The predicted molar refractivity (Wildman–Crippen MR) is 85.4 cm³/mol. The molecule has 112 valence electrons. The second-order valence-corrected chi connectivity index (χ2v) is 5.11. The molecule has 1 aromatic heterocycles. The number of hydrogen-bond acceptors (Lipinski definition) is 3. The molecule has 0 unspecified atom stereocenters. The molecule has 0 bridgehead atoms. The molecule has 2 rings (SSSR count). The van der Waals surface area contributed by atoms with Crippen molar-refractivity contribution >= 4 is 11.5 Å². The summed E-state index contributed by atoms with van der Waals surface area (Å²) in [6.07, 6.45) is 4.29. The second-order valence-electron chi connectivity index (χ2n) is 5.11. The lowest BCUT2D eigenvalue weighted by Crippen LogP contribution is -2.22. The molecule has 0 atom stereocenters. The molecule has 0 aliphatic heterocycles. The number of nitrogens with one attached hydrogen (secondary N) is 3. The fourth-order valence-corrected chi connectivity index (χ4v) is 2.41. The van der Waals surface area contributed by atoms with Crippen LogP contribution in [0.4, 0.5) is 11.5 Å². The fourth-order valence-electron chi connectivity index (χ4n) is 2.41. The van der Waals surface area contributed by atoms with Crippen LogP contribution in [0.1, 0.15) is 37.8 Å². The molecule has 0 saturated carbocycles. The minimum absolute atomic E-state index is 0.398. The number of rotatable bonds is 6. The van der Waals surface area contributed by atoms with E-state index < -0.39 is 11.2 Å². The summed E-state index contributed by atoms with van der Waals surface area (Å²) in [7, 11) is 0. The number of aryl methyl sites for hydroxylation is 2. The van der Waals surface area contributed by atoms with Crippen LogP contribution in [0, 0.1) is 0 Å². The van der Waals surface area contributed by atoms with Crippen LogP contribution in [0.25, 0.3) is 0 Å². The van der Waals surface area contributed by atoms with E-state index >= 15 is 0 Å². The molecule has 1 aromatic carbocycles. The third-order valence-corrected chi connectivity index (χ3v) is 3.28. The first kappa shape index (κ1) is 15.1. The molecule has 2 aromatic rings. The van der Waals surface area contributed by atoms with E-state index in [0.29, 0.717) is 5.82 Å². The Bertz CT molecular complexity index is 688. The van der Waals surface area contributed by atoms with E-state index in [1.165, 1.54) is 17.2 Å². The van der Waals surface area contributed by atoms with Crippen molar-refractivity contribution < 1.29 is 0 Å². The van der Waals surface area contributed by atoms with Gasteiger partial charge in [-0.15, -0.1) is 0 Å². The number of anilines is 2. The van der Waals surface area contributed by atoms with Crippen LogP contribution in [0.2, 0.25) is 0 Å². The largest absolute Gasteiger partial charge is 0.342 e. The van der Waals surface area contributed by atoms with Crippen molar-refractivity contribution in [1.29, 1.82) is 0 Å². The summed E-state index contributed by atoms with van der Waals surface area (Å²) in [6.45, 7) is 4.33. The number of benzene rings is 1. The summed E-state index contributed by atoms with van der Waals surface area (Å²) in [5.74, 6) is 0.398. The highest BCUT2D eigenvalue weighted by Crippen LogP contribution is 2.21. The van der Waals surface area contributed by atoms with E-state index in [2.05, 4.69) is 41.3 Å². The smallest absolute Gasteiger partial charge is 0.327 e. The molecule has 5 nitrogen and oxygen atoms in total. The molecule has 21 heavy (non-hydrogen) atoms. The average molecular weight is 287 g/mol. The molecule has 5 heteroatoms. The summed E-state index contributed by atoms with van der Waals surface area (Å²) in [6, 6.07) is 7.51. The second kappa shape index (κ2) is 6.92. The van der Waals surface area contributed by atoms with Gasteiger partial charge < -0.3 is 5.32 Å². The van der Waals surface area contributed by atoms with Gasteiger partial charge in [-0.05, 0) is 36.1 Å². The van der Waals surface area contributed by atoms with Crippen LogP contribution >= 0.6 is 0 Å². The molecule has 0 radical (unpaired) electrons. The minimum atomic E-state index is -0.513. The van der Waals surface area contributed by atoms with E-state index in [4.69, 9.17) is 0 Å². The molecule has 0 aliphatic carbocycles. The first-order valence-corrected chi connectivity index (χ1v) is 7.34. The predicted octanol–water partition coefficient (Wildman–Crippen LogP) is 2.71. The van der Waals surface area contributed by atoms with E-state index in [1.54, 1.807) is 0 Å². The van der Waals surface area contributed by atoms with Gasteiger partial charge in [0.05, 0.1) is 0 Å². The number of aromatic amines is 2. The molecule has 0 aliphatic rings. The molecular formula is C16H21N3O2. The lowest BCUT2D eigenvalue weighted by molar-refractivity contribution is 0.861. The molecule has 0 spiro atoms. The number of H-pyrrole nitrogens is 2. The van der Waals surface area contributed by atoms with Crippen LogP contribution in [0.5, 0.6) is 0 Å². The Morgan fingerprint density at radius 1 is 0.952 bits per heavy atom. The highest BCUT2D eigenvalue weighted by molar-refractivity contribution is 5.57. The van der Waals surface area contributed by atoms with Crippen molar-refractivity contribution in [2.45, 2.75) is 39.5 Å². The Labute approximate surface area is 123 Å². The zero-order valence-electron chi connectivity index (χ0n) is 12.5. The Morgan fingerprint density at radius 2 is 1.67 bits per heavy atom. The van der Waals surface area contributed by atoms with Gasteiger partial charge in [0, 0.05) is 11.8 Å². The highest BCUT2D eigenvalue weighted by Gasteiger charge is 2.04. The zero-order valence-corrected chi connectivity index (χ0v) is 12.5. The van der Waals surface area contributed by atoms with Crippen LogP contribution in [-0.4, -0.2) is 9.97 Å². The van der Waals surface area contributed by atoms with Crippen molar-refractivity contribution in [3.8, 4) is 0 Å². The third kappa shape index (κ3) is 4.08. The Morgan fingerprint density at radius 3 is 2.33 bits per heavy atom. The molecule has 0 amide bonds. The quantitative estimate of drug-likeness (QED) is 0.764. The van der Waals surface area contributed by atoms with Crippen LogP contribution < -0.4 is 16.6 Å². The number of hydrogen-bond donors (Lipinski definition) is 3. The topological polar surface area (TPSA) is 77.8 Å². The van der Waals surface area contributed by atoms with Gasteiger partial charge >= 0.3 is 5.69 Å². The maximum Gasteiger partial charge on any atom is 0.327 e. The SMILES string of the molecule is CCCc1ccc(Nc2cc(=O)[nH]c(=O)[nH]2)cc1CCC. The van der Waals surface area contributed by atoms with Gasteiger partial charge in [0.15, 0.2) is 0 Å². The fraction of sp³-hybridized carbons (Fsp3) is 0.375. The lowest BCUT2D eigenvalue weighted by atomic mass is 9.99. The van der Waals surface area contributed by atoms with Crippen LogP contribution in [-0.2, 0) is 12.8 Å². The van der Waals surface area contributed by atoms with Gasteiger partial charge in [-0.25, -0.2) is 4.79 Å². The van der Waals surface area contributed by atoms with Crippen molar-refractivity contribution in [1.82, 2.24) is 9.97 Å². The van der Waals surface area contributed by atoms with E-state index in [-0.39, 0.29) is 0 Å². The van der Waals surface area contributed by atoms with E-state index in [9.17, 15) is 9.59 Å². The van der Waals surface area contributed by atoms with Crippen LogP contribution in [0.3, 0.4) is 0 Å². The first-order valence-electron chi connectivity index (χ1n) is 7.34. The molecule has 0 fully saturated rings. The molecule has 1 heterocycles. The maximum atomic E-state index is 11.3. The van der Waals surface area contributed by atoms with E-state index in [0.717, 1.165) is 31.4 Å². The maximum absolute atomic E-state index is 11.3. The third-order valence-electron chi connectivity index (χ3n) is 3.28. The number of aromatic nitrogens is 2. The monoisotopic (exact) mass is 287 g/mol. The van der Waals surface area contributed by atoms with Crippen molar-refractivity contribution in [3.63, 3.8) is 0 Å². The Kier molecular flexibility index (Phi) is 4.98. The van der Waals surface area contributed by atoms with Crippen LogP contribution in [0.15, 0.2) is 33.9 Å². The normalized spacial score (nSPS) is 10.6. The molecule has 3 N–H and O–H groups in total. The lowest BCUT2D eigenvalue weighted by Gasteiger charge is -2.12. The summed E-state index contributed by atoms with van der Waals surface area (Å²) in [5, 5.41) is 3.08. The van der Waals surface area contributed by atoms with E-state index in [1.807, 2.05) is 6.07 Å². The van der Waals surface area contributed by atoms with Gasteiger partial charge in [0.1, 0.15) is 5.82 Å². The summed E-state index contributed by atoms with van der Waals surface area (Å²) in [4.78, 5) is 27.3. The van der Waals surface area contributed by atoms with Gasteiger partial charge in [0.25, 0.3) is 5.56 Å². The Hall–Kier alpha value is -2.30. The standard InChI is InChI=1S/C16H21N3O2/c1-3-5-11-7-8-13(9-12(11)6-4-2)17-14-10-15(20)19-16(21)18-14/h7-10H,3-6H2,1-2H3,(H3,17,18,19,20,21). The van der Waals surface area contributed by atoms with Crippen molar-refractivity contribution in [3.05, 3.63) is 56.2 Å². The first-order chi connectivity index (χ1) is 10.1. The zero-order chi connectivity index (χ0) is 15.2. The highest BCUT2D eigenvalue weighted by atomic mass is 16.2. The van der Waals surface area contributed by atoms with Gasteiger partial charge in [-0.3, -0.25) is 14.8 Å². The Balaban J connectivity index is 2.29. The van der Waals surface area contributed by atoms with Gasteiger partial charge in [-0.1, -0.05) is 32.8 Å². The van der Waals surface area contributed by atoms with Gasteiger partial charge in [-0.2, -0.15) is 0 Å². The van der Waals surface area contributed by atoms with Gasteiger partial charge in [0.2, 0.25) is 0 Å². The summed E-state index contributed by atoms with van der Waals surface area (Å²) < 4.78 is 0. The average Bonchev–Trinajstić information content (AvgIpc) is 2.41. The summed E-state index contributed by atoms with van der Waals surface area (Å²) >= 11 is 0. The summed E-state index contributed by atoms with van der Waals surface area (Å²) in [5.41, 5.74) is 2.62. The minimum Gasteiger partial charge on any atom is -0.342 e. The van der Waals surface area contributed by atoms with Crippen molar-refractivity contribution in [2.24, 2.45) is 0 Å². The van der Waals surface area contributed by atoms with Crippen molar-refractivity contribution in [2.75, 3.05) is 5.32 Å². The molecular weight excluding hydrogens is 266 g/mol.